The van der Waals surface area contributed by atoms with Gasteiger partial charge in [0.25, 0.3) is 5.91 Å². The topological polar surface area (TPSA) is 93.4 Å². The van der Waals surface area contributed by atoms with Crippen LogP contribution in [0.15, 0.2) is 42.7 Å². The van der Waals surface area contributed by atoms with Crippen molar-refractivity contribution < 1.29 is 18.3 Å². The number of hydrogen-bond donors (Lipinski definition) is 2. The molecule has 1 saturated heterocycles. The molecule has 1 aliphatic carbocycles. The summed E-state index contributed by atoms with van der Waals surface area (Å²) in [5.74, 6) is -1.17. The first kappa shape index (κ1) is 26.6. The predicted octanol–water partition coefficient (Wildman–Crippen LogP) is 4.24. The van der Waals surface area contributed by atoms with Crippen LogP contribution in [0.1, 0.15) is 48.2 Å². The van der Waals surface area contributed by atoms with Crippen LogP contribution in [0.4, 0.5) is 20.2 Å². The average Bonchev–Trinajstić information content (AvgIpc) is 2.89. The van der Waals surface area contributed by atoms with E-state index in [2.05, 4.69) is 31.4 Å². The molecule has 1 amide bonds. The number of anilines is 2. The highest BCUT2D eigenvalue weighted by molar-refractivity contribution is 7.28. The normalized spacial score (nSPS) is 21.8. The van der Waals surface area contributed by atoms with Crippen LogP contribution in [0.5, 0.6) is 0 Å². The van der Waals surface area contributed by atoms with Crippen LogP contribution in [-0.2, 0) is 4.74 Å². The number of ether oxygens (including phenoxy) is 1. The Kier molecular flexibility index (Phi) is 7.98. The fourth-order valence-electron chi connectivity index (χ4n) is 5.57. The van der Waals surface area contributed by atoms with E-state index in [1.165, 1.54) is 12.1 Å². The van der Waals surface area contributed by atoms with E-state index in [-0.39, 0.29) is 28.9 Å². The lowest BCUT2D eigenvalue weighted by Crippen LogP contribution is -2.36. The van der Waals surface area contributed by atoms with Gasteiger partial charge in [-0.2, -0.15) is 0 Å². The van der Waals surface area contributed by atoms with E-state index < -0.39 is 17.5 Å². The van der Waals surface area contributed by atoms with Crippen LogP contribution in [0.3, 0.4) is 0 Å². The van der Waals surface area contributed by atoms with Crippen LogP contribution in [0.25, 0.3) is 11.3 Å². The van der Waals surface area contributed by atoms with Crippen LogP contribution in [-0.4, -0.2) is 48.2 Å². The molecule has 1 aliphatic heterocycles. The summed E-state index contributed by atoms with van der Waals surface area (Å²) in [5.41, 5.74) is 8.27. The quantitative estimate of drug-likeness (QED) is 0.471. The number of pyridine rings is 2. The van der Waals surface area contributed by atoms with Crippen LogP contribution in [0, 0.1) is 17.6 Å². The third kappa shape index (κ3) is 5.70. The molecule has 7 nitrogen and oxygen atoms in total. The van der Waals surface area contributed by atoms with Gasteiger partial charge in [-0.25, -0.2) is 13.8 Å². The van der Waals surface area contributed by atoms with Crippen molar-refractivity contribution in [2.45, 2.75) is 38.1 Å². The Labute approximate surface area is 223 Å². The number of benzene rings is 1. The third-order valence-electron chi connectivity index (χ3n) is 7.32. The molecule has 1 aromatic carbocycles. The van der Waals surface area contributed by atoms with E-state index in [0.29, 0.717) is 48.9 Å². The molecular formula is C28H32F2N5O2P. The van der Waals surface area contributed by atoms with Crippen molar-refractivity contribution in [3.63, 3.8) is 0 Å². The zero-order chi connectivity index (χ0) is 26.8. The summed E-state index contributed by atoms with van der Waals surface area (Å²) in [5, 5.41) is 3.34. The third-order valence-corrected chi connectivity index (χ3v) is 7.77. The van der Waals surface area contributed by atoms with Gasteiger partial charge >= 0.3 is 0 Å². The predicted molar refractivity (Wildman–Crippen MR) is 148 cm³/mol. The summed E-state index contributed by atoms with van der Waals surface area (Å²) in [7, 11) is 2.46. The lowest BCUT2D eigenvalue weighted by molar-refractivity contribution is 0.102. The number of nitrogens with two attached hydrogens (primary N) is 1. The molecule has 10 heteroatoms. The van der Waals surface area contributed by atoms with Crippen LogP contribution >= 0.6 is 9.24 Å². The number of carbonyl (C=O) groups is 1. The summed E-state index contributed by atoms with van der Waals surface area (Å²) in [6.45, 7) is 4.60. The Morgan fingerprint density at radius 3 is 2.66 bits per heavy atom. The number of nitrogens with zero attached hydrogens (tertiary/aromatic N) is 3. The molecular weight excluding hydrogens is 507 g/mol. The number of morpholine rings is 1. The number of nitrogens with one attached hydrogen (secondary N) is 1. The van der Waals surface area contributed by atoms with Gasteiger partial charge in [-0.1, -0.05) is 6.92 Å². The standard InChI is InChI=1S/C28H32F2N5O2P/c1-16-10-17(12-18(31)11-16)20-4-5-32-15-24(20)34-28(36)23-3-2-21(29)27(33-23)26-22(30)13-19(14-25(26)38)35-6-8-37-9-7-35/h2-5,13-18H,6-12,31,38H2,1H3,(H,34,36). The Morgan fingerprint density at radius 1 is 1.13 bits per heavy atom. The van der Waals surface area contributed by atoms with Crippen molar-refractivity contribution in [1.29, 1.82) is 0 Å². The number of rotatable bonds is 5. The van der Waals surface area contributed by atoms with E-state index in [0.717, 1.165) is 30.9 Å². The molecule has 4 unspecified atom stereocenters. The highest BCUT2D eigenvalue weighted by atomic mass is 31.0. The number of aromatic nitrogens is 2. The Hall–Kier alpha value is -3.00. The maximum atomic E-state index is 15.3. The molecule has 1 saturated carbocycles. The number of carbonyl (C=O) groups excluding carboxylic acids is 1. The largest absolute Gasteiger partial charge is 0.378 e. The average molecular weight is 540 g/mol. The molecule has 5 rings (SSSR count). The van der Waals surface area contributed by atoms with Gasteiger partial charge in [-0.15, -0.1) is 9.24 Å². The molecule has 3 heterocycles. The fraction of sp³-hybridized carbons (Fsp3) is 0.393. The van der Waals surface area contributed by atoms with Gasteiger partial charge in [0.05, 0.1) is 25.1 Å². The fourth-order valence-corrected chi connectivity index (χ4v) is 6.02. The molecule has 0 bridgehead atoms. The highest BCUT2D eigenvalue weighted by Gasteiger charge is 2.28. The van der Waals surface area contributed by atoms with Gasteiger partial charge in [-0.3, -0.25) is 9.78 Å². The molecule has 0 radical (unpaired) electrons. The molecule has 38 heavy (non-hydrogen) atoms. The lowest BCUT2D eigenvalue weighted by atomic mass is 9.76. The minimum Gasteiger partial charge on any atom is -0.378 e. The summed E-state index contributed by atoms with van der Waals surface area (Å²) in [4.78, 5) is 23.7. The lowest BCUT2D eigenvalue weighted by Gasteiger charge is -2.32. The van der Waals surface area contributed by atoms with Crippen molar-refractivity contribution in [2.75, 3.05) is 36.5 Å². The van der Waals surface area contributed by atoms with Crippen molar-refractivity contribution in [1.82, 2.24) is 9.97 Å². The first-order valence-electron chi connectivity index (χ1n) is 12.9. The van der Waals surface area contributed by atoms with E-state index in [9.17, 15) is 9.18 Å². The molecule has 2 fully saturated rings. The van der Waals surface area contributed by atoms with Gasteiger partial charge in [-0.05, 0) is 72.3 Å². The summed E-state index contributed by atoms with van der Waals surface area (Å²) in [6.07, 6.45) is 6.08. The molecule has 0 spiro atoms. The second-order valence-electron chi connectivity index (χ2n) is 10.2. The Bertz CT molecular complexity index is 1300. The Morgan fingerprint density at radius 2 is 1.92 bits per heavy atom. The van der Waals surface area contributed by atoms with Gasteiger partial charge in [0.1, 0.15) is 23.0 Å². The SMILES string of the molecule is CC1CC(N)CC(c2ccncc2NC(=O)c2ccc(F)c(-c3c(F)cc(N4CCOCC4)cc3P)n2)C1. The van der Waals surface area contributed by atoms with E-state index in [4.69, 9.17) is 10.5 Å². The zero-order valence-electron chi connectivity index (χ0n) is 21.3. The summed E-state index contributed by atoms with van der Waals surface area (Å²) in [6, 6.07) is 7.60. The van der Waals surface area contributed by atoms with Gasteiger partial charge in [0, 0.05) is 36.6 Å². The monoisotopic (exact) mass is 539 g/mol. The maximum absolute atomic E-state index is 15.3. The van der Waals surface area contributed by atoms with Gasteiger partial charge in [0.2, 0.25) is 0 Å². The summed E-state index contributed by atoms with van der Waals surface area (Å²) >= 11 is 0. The maximum Gasteiger partial charge on any atom is 0.274 e. The van der Waals surface area contributed by atoms with Crippen molar-refractivity contribution in [3.05, 3.63) is 65.6 Å². The number of halogens is 2. The van der Waals surface area contributed by atoms with Crippen LogP contribution in [0.2, 0.25) is 0 Å². The molecule has 4 atom stereocenters. The first-order valence-corrected chi connectivity index (χ1v) is 13.5. The second kappa shape index (κ2) is 11.4. The van der Waals surface area contributed by atoms with E-state index in [1.54, 1.807) is 18.5 Å². The van der Waals surface area contributed by atoms with Gasteiger partial charge in [0.15, 0.2) is 0 Å². The van der Waals surface area contributed by atoms with Crippen molar-refractivity contribution >= 4 is 31.8 Å². The Balaban J connectivity index is 1.42. The molecule has 3 aromatic rings. The second-order valence-corrected chi connectivity index (χ2v) is 10.8. The smallest absolute Gasteiger partial charge is 0.274 e. The van der Waals surface area contributed by atoms with E-state index >= 15 is 4.39 Å². The van der Waals surface area contributed by atoms with Gasteiger partial charge < -0.3 is 20.7 Å². The molecule has 2 aromatic heterocycles. The molecule has 2 aliphatic rings. The zero-order valence-corrected chi connectivity index (χ0v) is 22.4. The number of amides is 1. The molecule has 200 valence electrons. The first-order chi connectivity index (χ1) is 18.3. The van der Waals surface area contributed by atoms with Crippen molar-refractivity contribution in [2.24, 2.45) is 11.7 Å². The van der Waals surface area contributed by atoms with Crippen LogP contribution < -0.4 is 21.3 Å². The summed E-state index contributed by atoms with van der Waals surface area (Å²) < 4.78 is 35.6. The minimum atomic E-state index is -0.712. The highest BCUT2D eigenvalue weighted by Crippen LogP contribution is 2.38. The van der Waals surface area contributed by atoms with E-state index in [1.807, 2.05) is 11.0 Å². The number of hydrogen-bond acceptors (Lipinski definition) is 6. The molecule has 3 N–H and O–H groups in total. The minimum absolute atomic E-state index is 0.00593. The van der Waals surface area contributed by atoms with Crippen molar-refractivity contribution in [3.8, 4) is 11.3 Å².